The Morgan fingerprint density at radius 2 is 1.41 bits per heavy atom. The highest BCUT2D eigenvalue weighted by Gasteiger charge is 2.28. The van der Waals surface area contributed by atoms with E-state index in [2.05, 4.69) is 10.0 Å². The summed E-state index contributed by atoms with van der Waals surface area (Å²) in [4.78, 5) is 12.9. The van der Waals surface area contributed by atoms with Gasteiger partial charge < -0.3 is 5.32 Å². The molecule has 0 bridgehead atoms. The van der Waals surface area contributed by atoms with Crippen molar-refractivity contribution in [2.24, 2.45) is 0 Å². The number of nitrogens with zero attached hydrogens (tertiary/aromatic N) is 1. The van der Waals surface area contributed by atoms with E-state index in [-0.39, 0.29) is 26.9 Å². The van der Waals surface area contributed by atoms with E-state index in [9.17, 15) is 26.0 Å². The summed E-state index contributed by atoms with van der Waals surface area (Å²) in [6.07, 6.45) is 0. The number of hydrogen-bond acceptors (Lipinski definition) is 5. The first-order valence-electron chi connectivity index (χ1n) is 11.5. The summed E-state index contributed by atoms with van der Waals surface area (Å²) in [7, 11) is -8.11. The van der Waals surface area contributed by atoms with Crippen molar-refractivity contribution in [1.29, 1.82) is 0 Å². The SMILES string of the molecule is Cc1c(Cl)cccc1N(CC(=O)Nc1ccc(S(=O)(=O)Nc2ccc(F)cc2)cc1)S(=O)(=O)c1ccccc1. The highest BCUT2D eigenvalue weighted by atomic mass is 35.5. The van der Waals surface area contributed by atoms with E-state index in [4.69, 9.17) is 11.6 Å². The molecule has 0 heterocycles. The Labute approximate surface area is 231 Å². The number of carbonyl (C=O) groups excluding carboxylic acids is 1. The zero-order valence-electron chi connectivity index (χ0n) is 20.5. The molecule has 0 spiro atoms. The zero-order valence-corrected chi connectivity index (χ0v) is 22.9. The van der Waals surface area contributed by atoms with Gasteiger partial charge in [0.25, 0.3) is 20.0 Å². The van der Waals surface area contributed by atoms with E-state index in [1.165, 1.54) is 48.5 Å². The number of sulfonamides is 2. The van der Waals surface area contributed by atoms with Crippen molar-refractivity contribution >= 4 is 54.6 Å². The van der Waals surface area contributed by atoms with Gasteiger partial charge in [-0.15, -0.1) is 0 Å². The minimum absolute atomic E-state index is 0.000361. The molecule has 4 aromatic carbocycles. The van der Waals surface area contributed by atoms with Gasteiger partial charge in [-0.25, -0.2) is 21.2 Å². The lowest BCUT2D eigenvalue weighted by molar-refractivity contribution is -0.114. The molecule has 4 aromatic rings. The summed E-state index contributed by atoms with van der Waals surface area (Å²) in [5.41, 5.74) is 1.16. The summed E-state index contributed by atoms with van der Waals surface area (Å²) in [5, 5.41) is 2.94. The number of anilines is 3. The number of halogens is 2. The molecule has 0 aliphatic carbocycles. The third kappa shape index (κ3) is 6.56. The maximum absolute atomic E-state index is 13.5. The maximum atomic E-state index is 13.5. The third-order valence-corrected chi connectivity index (χ3v) is 9.25. The van der Waals surface area contributed by atoms with Gasteiger partial charge in [0.2, 0.25) is 5.91 Å². The first kappa shape index (κ1) is 28.1. The highest BCUT2D eigenvalue weighted by Crippen LogP contribution is 2.31. The van der Waals surface area contributed by atoms with Crippen molar-refractivity contribution in [1.82, 2.24) is 0 Å². The number of benzene rings is 4. The molecular formula is C27H23ClFN3O5S2. The summed E-state index contributed by atoms with van der Waals surface area (Å²) in [5.74, 6) is -1.16. The van der Waals surface area contributed by atoms with Crippen molar-refractivity contribution in [3.63, 3.8) is 0 Å². The average molecular weight is 588 g/mol. The minimum Gasteiger partial charge on any atom is -0.325 e. The third-order valence-electron chi connectivity index (χ3n) is 5.67. The molecule has 39 heavy (non-hydrogen) atoms. The van der Waals surface area contributed by atoms with Crippen LogP contribution in [0.2, 0.25) is 5.02 Å². The van der Waals surface area contributed by atoms with E-state index in [1.54, 1.807) is 43.3 Å². The molecule has 12 heteroatoms. The van der Waals surface area contributed by atoms with Crippen molar-refractivity contribution in [3.05, 3.63) is 113 Å². The molecule has 202 valence electrons. The van der Waals surface area contributed by atoms with Gasteiger partial charge in [0.15, 0.2) is 0 Å². The molecule has 0 atom stereocenters. The van der Waals surface area contributed by atoms with E-state index in [0.29, 0.717) is 10.6 Å². The number of rotatable bonds is 9. The van der Waals surface area contributed by atoms with Crippen LogP contribution in [0.25, 0.3) is 0 Å². The quantitative estimate of drug-likeness (QED) is 0.271. The van der Waals surface area contributed by atoms with Gasteiger partial charge in [-0.1, -0.05) is 35.9 Å². The molecule has 0 fully saturated rings. The molecule has 0 radical (unpaired) electrons. The molecule has 0 unspecified atom stereocenters. The molecule has 1 amide bonds. The fourth-order valence-electron chi connectivity index (χ4n) is 3.67. The van der Waals surface area contributed by atoms with Crippen LogP contribution in [0.15, 0.2) is 107 Å². The first-order valence-corrected chi connectivity index (χ1v) is 14.8. The number of carbonyl (C=O) groups is 1. The molecule has 0 saturated heterocycles. The van der Waals surface area contributed by atoms with Crippen LogP contribution in [0.3, 0.4) is 0 Å². The van der Waals surface area contributed by atoms with Crippen LogP contribution in [0.4, 0.5) is 21.5 Å². The Morgan fingerprint density at radius 3 is 2.05 bits per heavy atom. The standard InChI is InChI=1S/C27H23ClFN3O5S2/c1-19-25(28)8-5-9-26(19)32(39(36,37)24-6-3-2-4-7-24)18-27(33)30-21-14-16-23(17-15-21)38(34,35)31-22-12-10-20(29)11-13-22/h2-17,31H,18H2,1H3,(H,30,33). The van der Waals surface area contributed by atoms with E-state index in [1.807, 2.05) is 0 Å². The molecule has 8 nitrogen and oxygen atoms in total. The van der Waals surface area contributed by atoms with Crippen molar-refractivity contribution in [2.45, 2.75) is 16.7 Å². The summed E-state index contributed by atoms with van der Waals surface area (Å²) in [6.45, 7) is 1.09. The lowest BCUT2D eigenvalue weighted by atomic mass is 10.2. The van der Waals surface area contributed by atoms with Gasteiger partial charge in [0.1, 0.15) is 12.4 Å². The van der Waals surface area contributed by atoms with Crippen molar-refractivity contribution < 1.29 is 26.0 Å². The van der Waals surface area contributed by atoms with Crippen LogP contribution in [-0.4, -0.2) is 29.3 Å². The number of amides is 1. The van der Waals surface area contributed by atoms with Crippen LogP contribution < -0.4 is 14.3 Å². The Morgan fingerprint density at radius 1 is 0.795 bits per heavy atom. The van der Waals surface area contributed by atoms with Gasteiger partial charge in [-0.3, -0.25) is 13.8 Å². The van der Waals surface area contributed by atoms with Crippen molar-refractivity contribution in [2.75, 3.05) is 20.9 Å². The molecule has 0 aliphatic heterocycles. The Bertz CT molecular complexity index is 1700. The second-order valence-electron chi connectivity index (χ2n) is 8.39. The second kappa shape index (κ2) is 11.4. The van der Waals surface area contributed by atoms with Crippen LogP contribution >= 0.6 is 11.6 Å². The summed E-state index contributed by atoms with van der Waals surface area (Å²) < 4.78 is 68.8. The summed E-state index contributed by atoms with van der Waals surface area (Å²) in [6, 6.07) is 22.6. The Kier molecular flexibility index (Phi) is 8.24. The molecular weight excluding hydrogens is 565 g/mol. The van der Waals surface area contributed by atoms with Crippen LogP contribution in [-0.2, 0) is 24.8 Å². The lowest BCUT2D eigenvalue weighted by Gasteiger charge is -2.26. The zero-order chi connectivity index (χ0) is 28.2. The monoisotopic (exact) mass is 587 g/mol. The maximum Gasteiger partial charge on any atom is 0.264 e. The second-order valence-corrected chi connectivity index (χ2v) is 12.3. The van der Waals surface area contributed by atoms with Crippen LogP contribution in [0, 0.1) is 12.7 Å². The van der Waals surface area contributed by atoms with Crippen molar-refractivity contribution in [3.8, 4) is 0 Å². The van der Waals surface area contributed by atoms with Crippen LogP contribution in [0.5, 0.6) is 0 Å². The highest BCUT2D eigenvalue weighted by molar-refractivity contribution is 7.93. The average Bonchev–Trinajstić information content (AvgIpc) is 2.91. The van der Waals surface area contributed by atoms with E-state index >= 15 is 0 Å². The molecule has 0 aromatic heterocycles. The molecule has 2 N–H and O–H groups in total. The lowest BCUT2D eigenvalue weighted by Crippen LogP contribution is -2.38. The largest absolute Gasteiger partial charge is 0.325 e. The minimum atomic E-state index is -4.14. The predicted molar refractivity (Wildman–Crippen MR) is 149 cm³/mol. The topological polar surface area (TPSA) is 113 Å². The van der Waals surface area contributed by atoms with E-state index < -0.39 is 38.3 Å². The van der Waals surface area contributed by atoms with Crippen LogP contribution in [0.1, 0.15) is 5.56 Å². The first-order chi connectivity index (χ1) is 18.5. The van der Waals surface area contributed by atoms with Gasteiger partial charge >= 0.3 is 0 Å². The Hall–Kier alpha value is -3.93. The summed E-state index contributed by atoms with van der Waals surface area (Å²) >= 11 is 6.24. The number of nitrogens with one attached hydrogen (secondary N) is 2. The number of hydrogen-bond donors (Lipinski definition) is 2. The van der Waals surface area contributed by atoms with Gasteiger partial charge in [0.05, 0.1) is 15.5 Å². The van der Waals surface area contributed by atoms with Gasteiger partial charge in [0, 0.05) is 16.4 Å². The fraction of sp³-hybridized carbons (Fsp3) is 0.0741. The molecule has 0 aliphatic rings. The fourth-order valence-corrected chi connectivity index (χ4v) is 6.39. The van der Waals surface area contributed by atoms with Gasteiger partial charge in [-0.05, 0) is 85.3 Å². The smallest absolute Gasteiger partial charge is 0.264 e. The van der Waals surface area contributed by atoms with Gasteiger partial charge in [-0.2, -0.15) is 0 Å². The molecule has 4 rings (SSSR count). The normalized spacial score (nSPS) is 11.6. The molecule has 0 saturated carbocycles. The van der Waals surface area contributed by atoms with E-state index in [0.717, 1.165) is 16.4 Å². The predicted octanol–water partition coefficient (Wildman–Crippen LogP) is 5.42. The Balaban J connectivity index is 1.55.